The minimum absolute atomic E-state index is 0.0522. The summed E-state index contributed by atoms with van der Waals surface area (Å²) in [7, 11) is -3.87. The van der Waals surface area contributed by atoms with Gasteiger partial charge in [0.25, 0.3) is 10.0 Å². The summed E-state index contributed by atoms with van der Waals surface area (Å²) in [6.45, 7) is 1.59. The molecule has 0 unspecified atom stereocenters. The predicted molar refractivity (Wildman–Crippen MR) is 76.1 cm³/mol. The molecule has 8 heteroatoms. The standard InChI is InChI=1S/C14H10FN3O3S/c1-8-6-9(15)2-4-11(8)18-22(20,21)10-3-5-12-13(7-10)17-14(19)16-12/h2-7,18H,1H3. The first-order valence-corrected chi connectivity index (χ1v) is 7.74. The number of fused-ring (bicyclic) bond motifs is 1. The Labute approximate surface area is 125 Å². The van der Waals surface area contributed by atoms with E-state index in [0.29, 0.717) is 10.9 Å². The van der Waals surface area contributed by atoms with Crippen molar-refractivity contribution in [1.29, 1.82) is 0 Å². The second-order valence-corrected chi connectivity index (χ2v) is 6.40. The van der Waals surface area contributed by atoms with Crippen molar-refractivity contribution in [2.75, 3.05) is 4.72 Å². The fraction of sp³-hybridized carbons (Fsp3) is 0.0714. The molecule has 22 heavy (non-hydrogen) atoms. The highest BCUT2D eigenvalue weighted by Gasteiger charge is 2.17. The van der Waals surface area contributed by atoms with Gasteiger partial charge in [-0.05, 0) is 48.9 Å². The SMILES string of the molecule is Cc1cc(F)ccc1NS(=O)(=O)c1ccc2c(c1)=NC(=O)N=2. The van der Waals surface area contributed by atoms with Gasteiger partial charge in [0.15, 0.2) is 0 Å². The fourth-order valence-corrected chi connectivity index (χ4v) is 3.18. The third kappa shape index (κ3) is 2.60. The average molecular weight is 319 g/mol. The normalized spacial score (nSPS) is 13.3. The van der Waals surface area contributed by atoms with Crippen molar-refractivity contribution in [3.8, 4) is 0 Å². The number of amides is 2. The number of carbonyl (C=O) groups excluding carboxylic acids is 1. The number of hydrogen-bond donors (Lipinski definition) is 1. The lowest BCUT2D eigenvalue weighted by molar-refractivity contribution is 0.256. The van der Waals surface area contributed by atoms with E-state index >= 15 is 0 Å². The molecule has 0 aliphatic carbocycles. The van der Waals surface area contributed by atoms with Crippen LogP contribution in [0.3, 0.4) is 0 Å². The second kappa shape index (κ2) is 4.99. The molecule has 0 saturated heterocycles. The lowest BCUT2D eigenvalue weighted by Gasteiger charge is -2.10. The number of halogens is 1. The van der Waals surface area contributed by atoms with Gasteiger partial charge in [0.05, 0.1) is 21.3 Å². The maximum Gasteiger partial charge on any atom is 0.368 e. The van der Waals surface area contributed by atoms with E-state index in [9.17, 15) is 17.6 Å². The molecular weight excluding hydrogens is 309 g/mol. The van der Waals surface area contributed by atoms with Crippen molar-refractivity contribution in [3.63, 3.8) is 0 Å². The van der Waals surface area contributed by atoms with Crippen LogP contribution < -0.4 is 15.4 Å². The Bertz CT molecular complexity index is 1020. The van der Waals surface area contributed by atoms with Gasteiger partial charge in [-0.25, -0.2) is 17.6 Å². The molecular formula is C14H10FN3O3S. The van der Waals surface area contributed by atoms with Crippen LogP contribution in [0.5, 0.6) is 0 Å². The highest BCUT2D eigenvalue weighted by molar-refractivity contribution is 7.92. The van der Waals surface area contributed by atoms with E-state index in [2.05, 4.69) is 14.7 Å². The number of nitrogens with one attached hydrogen (secondary N) is 1. The molecule has 0 fully saturated rings. The van der Waals surface area contributed by atoms with Gasteiger partial charge in [0.2, 0.25) is 0 Å². The first-order valence-electron chi connectivity index (χ1n) is 6.26. The van der Waals surface area contributed by atoms with Gasteiger partial charge in [-0.1, -0.05) is 0 Å². The third-order valence-electron chi connectivity index (χ3n) is 3.12. The minimum Gasteiger partial charge on any atom is -0.279 e. The number of anilines is 1. The molecule has 3 rings (SSSR count). The Morgan fingerprint density at radius 1 is 1.05 bits per heavy atom. The summed E-state index contributed by atoms with van der Waals surface area (Å²) >= 11 is 0. The van der Waals surface area contributed by atoms with Gasteiger partial charge in [0.1, 0.15) is 5.82 Å². The number of benzene rings is 2. The Balaban J connectivity index is 2.01. The second-order valence-electron chi connectivity index (χ2n) is 4.72. The topological polar surface area (TPSA) is 88.0 Å². The van der Waals surface area contributed by atoms with Crippen molar-refractivity contribution in [2.24, 2.45) is 9.98 Å². The zero-order valence-corrected chi connectivity index (χ0v) is 12.2. The number of carbonyl (C=O) groups is 1. The van der Waals surface area contributed by atoms with Crippen LogP contribution in [-0.2, 0) is 10.0 Å². The molecule has 0 atom stereocenters. The van der Waals surface area contributed by atoms with Crippen LogP contribution in [0.2, 0.25) is 0 Å². The molecule has 1 N–H and O–H groups in total. The zero-order valence-electron chi connectivity index (χ0n) is 11.4. The Hall–Kier alpha value is -2.61. The van der Waals surface area contributed by atoms with Crippen LogP contribution in [0.25, 0.3) is 0 Å². The first kappa shape index (κ1) is 14.3. The molecule has 112 valence electrons. The molecule has 6 nitrogen and oxygen atoms in total. The summed E-state index contributed by atoms with van der Waals surface area (Å²) in [4.78, 5) is 18.3. The maximum absolute atomic E-state index is 13.1. The number of hydrogen-bond acceptors (Lipinski definition) is 3. The van der Waals surface area contributed by atoms with Gasteiger partial charge in [-0.15, -0.1) is 0 Å². The lowest BCUT2D eigenvalue weighted by Crippen LogP contribution is -2.24. The number of urea groups is 1. The van der Waals surface area contributed by atoms with Crippen molar-refractivity contribution < 1.29 is 17.6 Å². The van der Waals surface area contributed by atoms with E-state index in [1.54, 1.807) is 6.92 Å². The van der Waals surface area contributed by atoms with Crippen LogP contribution in [0.15, 0.2) is 51.3 Å². The van der Waals surface area contributed by atoms with Gasteiger partial charge < -0.3 is 0 Å². The van der Waals surface area contributed by atoms with Crippen molar-refractivity contribution in [3.05, 3.63) is 58.5 Å². The van der Waals surface area contributed by atoms with E-state index in [-0.39, 0.29) is 15.9 Å². The molecule has 2 amide bonds. The summed E-state index contributed by atoms with van der Waals surface area (Å²) in [6, 6.07) is 7.09. The van der Waals surface area contributed by atoms with Gasteiger partial charge in [-0.2, -0.15) is 9.98 Å². The van der Waals surface area contributed by atoms with Gasteiger partial charge >= 0.3 is 6.03 Å². The van der Waals surface area contributed by atoms with Crippen molar-refractivity contribution in [2.45, 2.75) is 11.8 Å². The highest BCUT2D eigenvalue weighted by Crippen LogP contribution is 2.19. The molecule has 0 spiro atoms. The molecule has 2 aromatic rings. The molecule has 0 aromatic heterocycles. The molecule has 1 heterocycles. The summed E-state index contributed by atoms with van der Waals surface area (Å²) in [5.74, 6) is -0.447. The van der Waals surface area contributed by atoms with Crippen LogP contribution in [-0.4, -0.2) is 14.4 Å². The summed E-state index contributed by atoms with van der Waals surface area (Å²) in [5, 5.41) is 0.547. The van der Waals surface area contributed by atoms with E-state index in [4.69, 9.17) is 0 Å². The van der Waals surface area contributed by atoms with Crippen molar-refractivity contribution in [1.82, 2.24) is 0 Å². The highest BCUT2D eigenvalue weighted by atomic mass is 32.2. The predicted octanol–water partition coefficient (Wildman–Crippen LogP) is 1.31. The van der Waals surface area contributed by atoms with Crippen LogP contribution in [0.4, 0.5) is 14.9 Å². The van der Waals surface area contributed by atoms with E-state index in [1.807, 2.05) is 0 Å². The largest absolute Gasteiger partial charge is 0.368 e. The summed E-state index contributed by atoms with van der Waals surface area (Å²) in [6.07, 6.45) is 0. The first-order chi connectivity index (χ1) is 10.3. The molecule has 0 saturated carbocycles. The third-order valence-corrected chi connectivity index (χ3v) is 4.49. The van der Waals surface area contributed by atoms with Gasteiger partial charge in [0, 0.05) is 0 Å². The average Bonchev–Trinajstić information content (AvgIpc) is 2.81. The molecule has 2 aromatic carbocycles. The van der Waals surface area contributed by atoms with Crippen LogP contribution >= 0.6 is 0 Å². The minimum atomic E-state index is -3.87. The van der Waals surface area contributed by atoms with Crippen molar-refractivity contribution >= 4 is 21.7 Å². The molecule has 1 aliphatic rings. The summed E-state index contributed by atoms with van der Waals surface area (Å²) < 4.78 is 40.2. The van der Waals surface area contributed by atoms with E-state index in [1.165, 1.54) is 36.4 Å². The van der Waals surface area contributed by atoms with Crippen LogP contribution in [0, 0.1) is 12.7 Å². The van der Waals surface area contributed by atoms with E-state index in [0.717, 1.165) is 0 Å². The summed E-state index contributed by atoms with van der Waals surface area (Å²) in [5.41, 5.74) is 0.735. The number of rotatable bonds is 3. The Morgan fingerprint density at radius 3 is 2.50 bits per heavy atom. The number of nitrogens with zero attached hydrogens (tertiary/aromatic N) is 2. The fourth-order valence-electron chi connectivity index (χ4n) is 2.03. The molecule has 0 radical (unpaired) electrons. The molecule has 0 bridgehead atoms. The Kier molecular flexibility index (Phi) is 3.25. The molecule has 1 aliphatic heterocycles. The lowest BCUT2D eigenvalue weighted by atomic mass is 10.2. The van der Waals surface area contributed by atoms with Crippen LogP contribution in [0.1, 0.15) is 5.56 Å². The zero-order chi connectivity index (χ0) is 15.9. The quantitative estimate of drug-likeness (QED) is 0.925. The van der Waals surface area contributed by atoms with Gasteiger partial charge in [-0.3, -0.25) is 4.72 Å². The number of sulfonamides is 1. The number of aryl methyl sites for hydroxylation is 1. The van der Waals surface area contributed by atoms with E-state index < -0.39 is 21.9 Å². The smallest absolute Gasteiger partial charge is 0.279 e. The Morgan fingerprint density at radius 2 is 1.77 bits per heavy atom. The maximum atomic E-state index is 13.1. The monoisotopic (exact) mass is 319 g/mol.